The summed E-state index contributed by atoms with van der Waals surface area (Å²) in [5.74, 6) is -0.406. The van der Waals surface area contributed by atoms with Crippen LogP contribution in [-0.4, -0.2) is 48.3 Å². The second-order valence-electron chi connectivity index (χ2n) is 7.00. The van der Waals surface area contributed by atoms with Gasteiger partial charge in [-0.3, -0.25) is 4.79 Å². The van der Waals surface area contributed by atoms with E-state index in [-0.39, 0.29) is 13.2 Å². The van der Waals surface area contributed by atoms with Crippen LogP contribution in [0.5, 0.6) is 0 Å². The van der Waals surface area contributed by atoms with Gasteiger partial charge >= 0.3 is 0 Å². The number of hydrogen-bond acceptors (Lipinski definition) is 5. The van der Waals surface area contributed by atoms with Crippen LogP contribution in [0.1, 0.15) is 18.1 Å². The number of aliphatic hydroxyl groups excluding tert-OH is 1. The molecule has 5 atom stereocenters. The maximum absolute atomic E-state index is 15.2. The third-order valence-corrected chi connectivity index (χ3v) is 4.69. The maximum Gasteiger partial charge on any atom is 0.217 e. The summed E-state index contributed by atoms with van der Waals surface area (Å²) in [6.45, 7) is 1.69. The monoisotopic (exact) mass is 403 g/mol. The highest BCUT2D eigenvalue weighted by Crippen LogP contribution is 2.26. The molecule has 0 aromatic heterocycles. The molecular formula is C22H26FNO5. The summed E-state index contributed by atoms with van der Waals surface area (Å²) in [6.07, 6.45) is -5.08. The summed E-state index contributed by atoms with van der Waals surface area (Å²) in [6, 6.07) is 17.8. The molecule has 2 aromatic carbocycles. The van der Waals surface area contributed by atoms with E-state index in [9.17, 15) is 9.90 Å². The first-order valence-electron chi connectivity index (χ1n) is 9.56. The zero-order chi connectivity index (χ0) is 20.6. The fourth-order valence-electron chi connectivity index (χ4n) is 3.26. The Morgan fingerprint density at radius 3 is 2.24 bits per heavy atom. The number of carbonyl (C=O) groups excluding carboxylic acids is 1. The Bertz CT molecular complexity index is 760. The third-order valence-electron chi connectivity index (χ3n) is 4.69. The third kappa shape index (κ3) is 6.08. The number of benzene rings is 2. The van der Waals surface area contributed by atoms with Crippen LogP contribution in [0.2, 0.25) is 0 Å². The van der Waals surface area contributed by atoms with Crippen molar-refractivity contribution in [2.24, 2.45) is 0 Å². The summed E-state index contributed by atoms with van der Waals surface area (Å²) in [4.78, 5) is 11.5. The van der Waals surface area contributed by atoms with Crippen LogP contribution >= 0.6 is 0 Å². The highest BCUT2D eigenvalue weighted by atomic mass is 19.1. The predicted octanol–water partition coefficient (Wildman–Crippen LogP) is 2.35. The quantitative estimate of drug-likeness (QED) is 0.708. The molecule has 1 aliphatic heterocycles. The zero-order valence-electron chi connectivity index (χ0n) is 16.2. The van der Waals surface area contributed by atoms with Crippen LogP contribution < -0.4 is 5.32 Å². The maximum atomic E-state index is 15.2. The Kier molecular flexibility index (Phi) is 7.71. The van der Waals surface area contributed by atoms with Crippen LogP contribution in [-0.2, 0) is 32.2 Å². The van der Waals surface area contributed by atoms with E-state index in [0.29, 0.717) is 6.61 Å². The number of nitrogens with one attached hydrogen (secondary N) is 1. The second kappa shape index (κ2) is 10.5. The first-order valence-corrected chi connectivity index (χ1v) is 9.56. The van der Waals surface area contributed by atoms with Crippen LogP contribution in [0.4, 0.5) is 4.39 Å². The molecule has 6 nitrogen and oxygen atoms in total. The molecule has 1 fully saturated rings. The van der Waals surface area contributed by atoms with Gasteiger partial charge < -0.3 is 24.6 Å². The predicted molar refractivity (Wildman–Crippen MR) is 104 cm³/mol. The van der Waals surface area contributed by atoms with Gasteiger partial charge in [-0.1, -0.05) is 60.7 Å². The number of rotatable bonds is 8. The summed E-state index contributed by atoms with van der Waals surface area (Å²) < 4.78 is 32.0. The number of halogens is 1. The van der Waals surface area contributed by atoms with E-state index < -0.39 is 36.6 Å². The number of aliphatic hydroxyl groups is 1. The van der Waals surface area contributed by atoms with Gasteiger partial charge in [-0.2, -0.15) is 0 Å². The summed E-state index contributed by atoms with van der Waals surface area (Å²) in [5.41, 5.74) is 1.81. The van der Waals surface area contributed by atoms with E-state index in [1.165, 1.54) is 6.92 Å². The van der Waals surface area contributed by atoms with Gasteiger partial charge in [0.05, 0.1) is 19.8 Å². The molecule has 1 aliphatic rings. The van der Waals surface area contributed by atoms with Gasteiger partial charge in [0.2, 0.25) is 5.91 Å². The molecule has 29 heavy (non-hydrogen) atoms. The van der Waals surface area contributed by atoms with E-state index in [2.05, 4.69) is 5.32 Å². The Balaban J connectivity index is 1.64. The second-order valence-corrected chi connectivity index (χ2v) is 7.00. The Labute approximate surface area is 169 Å². The van der Waals surface area contributed by atoms with Crippen molar-refractivity contribution in [3.05, 3.63) is 71.8 Å². The highest BCUT2D eigenvalue weighted by Gasteiger charge is 2.47. The SMILES string of the molecule is CC(=O)N[C@@H]1[C@@H](OCc2ccccc2)[C@@H](F)[C@@H](COCc2ccccc2)O[C@@H]1O. The average Bonchev–Trinajstić information content (AvgIpc) is 2.72. The van der Waals surface area contributed by atoms with Gasteiger partial charge in [-0.15, -0.1) is 0 Å². The fraction of sp³-hybridized carbons (Fsp3) is 0.409. The summed E-state index contributed by atoms with van der Waals surface area (Å²) >= 11 is 0. The zero-order valence-corrected chi connectivity index (χ0v) is 16.2. The van der Waals surface area contributed by atoms with Crippen molar-refractivity contribution in [2.75, 3.05) is 6.61 Å². The number of carbonyl (C=O) groups is 1. The minimum absolute atomic E-state index is 0.0505. The van der Waals surface area contributed by atoms with Crippen molar-refractivity contribution in [3.8, 4) is 0 Å². The largest absolute Gasteiger partial charge is 0.374 e. The molecule has 0 bridgehead atoms. The van der Waals surface area contributed by atoms with Crippen molar-refractivity contribution < 1.29 is 28.5 Å². The molecule has 7 heteroatoms. The van der Waals surface area contributed by atoms with Gasteiger partial charge in [-0.25, -0.2) is 4.39 Å². The topological polar surface area (TPSA) is 77.0 Å². The molecule has 156 valence electrons. The smallest absolute Gasteiger partial charge is 0.217 e. The van der Waals surface area contributed by atoms with Crippen LogP contribution in [0.25, 0.3) is 0 Å². The molecule has 0 unspecified atom stereocenters. The molecule has 1 amide bonds. The minimum atomic E-state index is -1.59. The molecule has 0 saturated carbocycles. The lowest BCUT2D eigenvalue weighted by molar-refractivity contribution is -0.253. The fourth-order valence-corrected chi connectivity index (χ4v) is 3.26. The van der Waals surface area contributed by atoms with Crippen molar-refractivity contribution in [2.45, 2.75) is 50.8 Å². The van der Waals surface area contributed by atoms with Gasteiger partial charge in [0.15, 0.2) is 12.5 Å². The first-order chi connectivity index (χ1) is 14.0. The van der Waals surface area contributed by atoms with E-state index in [4.69, 9.17) is 14.2 Å². The Morgan fingerprint density at radius 2 is 1.66 bits per heavy atom. The van der Waals surface area contributed by atoms with Crippen molar-refractivity contribution in [1.82, 2.24) is 5.32 Å². The lowest BCUT2D eigenvalue weighted by Crippen LogP contribution is -2.63. The van der Waals surface area contributed by atoms with Crippen LogP contribution in [0.15, 0.2) is 60.7 Å². The number of amides is 1. The van der Waals surface area contributed by atoms with Crippen LogP contribution in [0, 0.1) is 0 Å². The molecule has 0 radical (unpaired) electrons. The van der Waals surface area contributed by atoms with Crippen molar-refractivity contribution in [1.29, 1.82) is 0 Å². The lowest BCUT2D eigenvalue weighted by atomic mass is 9.97. The van der Waals surface area contributed by atoms with E-state index in [0.717, 1.165) is 11.1 Å². The van der Waals surface area contributed by atoms with E-state index in [1.54, 1.807) is 0 Å². The molecular weight excluding hydrogens is 377 g/mol. The lowest BCUT2D eigenvalue weighted by Gasteiger charge is -2.41. The summed E-state index contributed by atoms with van der Waals surface area (Å²) in [5, 5.41) is 12.9. The number of alkyl halides is 1. The Morgan fingerprint density at radius 1 is 1.07 bits per heavy atom. The number of hydrogen-bond donors (Lipinski definition) is 2. The first kappa shape index (κ1) is 21.4. The minimum Gasteiger partial charge on any atom is -0.374 e. The highest BCUT2D eigenvalue weighted by molar-refractivity contribution is 5.73. The molecule has 2 aromatic rings. The summed E-state index contributed by atoms with van der Waals surface area (Å²) in [7, 11) is 0. The van der Waals surface area contributed by atoms with E-state index in [1.807, 2.05) is 60.7 Å². The molecule has 0 spiro atoms. The number of ether oxygens (including phenoxy) is 3. The van der Waals surface area contributed by atoms with Gasteiger partial charge in [0, 0.05) is 6.92 Å². The average molecular weight is 403 g/mol. The van der Waals surface area contributed by atoms with Gasteiger partial charge in [-0.05, 0) is 11.1 Å². The Hall–Kier alpha value is -2.32. The van der Waals surface area contributed by atoms with Crippen LogP contribution in [0.3, 0.4) is 0 Å². The van der Waals surface area contributed by atoms with Crippen molar-refractivity contribution in [3.63, 3.8) is 0 Å². The molecule has 2 N–H and O–H groups in total. The van der Waals surface area contributed by atoms with Gasteiger partial charge in [0.25, 0.3) is 0 Å². The standard InChI is InChI=1S/C22H26FNO5/c1-15(25)24-20-21(28-13-17-10-6-3-7-11-17)19(23)18(29-22(20)26)14-27-12-16-8-4-2-5-9-16/h2-11,18-22,26H,12-14H2,1H3,(H,24,25)/t18-,19+,20-,21+,22+/m1/s1. The van der Waals surface area contributed by atoms with E-state index >= 15 is 4.39 Å². The van der Waals surface area contributed by atoms with Crippen molar-refractivity contribution >= 4 is 5.91 Å². The van der Waals surface area contributed by atoms with Gasteiger partial charge in [0.1, 0.15) is 18.2 Å². The molecule has 0 aliphatic carbocycles. The molecule has 3 rings (SSSR count). The molecule has 1 heterocycles. The molecule has 1 saturated heterocycles. The normalized spacial score (nSPS) is 26.8.